The largest absolute Gasteiger partial charge is 0.390 e. The first-order valence-electron chi connectivity index (χ1n) is 12.7. The molecule has 3 heterocycles. The van der Waals surface area contributed by atoms with Crippen LogP contribution in [0.25, 0.3) is 20.8 Å². The molecule has 2 aliphatic rings. The summed E-state index contributed by atoms with van der Waals surface area (Å²) in [6, 6.07) is 1.60. The topological polar surface area (TPSA) is 150 Å². The number of thiazole rings is 1. The van der Waals surface area contributed by atoms with E-state index in [2.05, 4.69) is 22.5 Å². The van der Waals surface area contributed by atoms with Gasteiger partial charge in [-0.2, -0.15) is 4.98 Å². The molecule has 2 saturated carbocycles. The number of aliphatic hydroxyl groups excluding tert-OH is 2. The third-order valence-corrected chi connectivity index (χ3v) is 9.42. The lowest BCUT2D eigenvalue weighted by Crippen LogP contribution is -2.36. The quantitative estimate of drug-likeness (QED) is 0.315. The van der Waals surface area contributed by atoms with Gasteiger partial charge in [-0.3, -0.25) is 4.98 Å². The Morgan fingerprint density at radius 2 is 1.95 bits per heavy atom. The monoisotopic (exact) mass is 546 g/mol. The summed E-state index contributed by atoms with van der Waals surface area (Å²) >= 11 is 1.53. The van der Waals surface area contributed by atoms with Crippen LogP contribution in [0.5, 0.6) is 0 Å². The van der Waals surface area contributed by atoms with E-state index in [9.17, 15) is 18.6 Å². The molecule has 10 nitrogen and oxygen atoms in total. The number of sulfone groups is 1. The lowest BCUT2D eigenvalue weighted by molar-refractivity contribution is 0.0216. The fraction of sp³-hybridized carbons (Fsp3) is 0.600. The van der Waals surface area contributed by atoms with Gasteiger partial charge in [-0.25, -0.2) is 18.4 Å². The van der Waals surface area contributed by atoms with Gasteiger partial charge in [0.2, 0.25) is 5.95 Å². The number of anilines is 2. The van der Waals surface area contributed by atoms with Gasteiger partial charge in [-0.05, 0) is 51.5 Å². The Balaban J connectivity index is 1.53. The SMILES string of the molecule is CCc1nccc2sc(-c3c(C)nc(N[C@H](C)C4CC4)nc3N[C@@H]3C[C@H](CS(C)(=O)=O)[C@@H](O)[C@H]3O)nc12. The molecule has 12 heteroatoms. The molecule has 3 aromatic heterocycles. The Kier molecular flexibility index (Phi) is 7.12. The van der Waals surface area contributed by atoms with Crippen LogP contribution in [0.2, 0.25) is 0 Å². The number of rotatable bonds is 9. The number of pyridine rings is 1. The highest BCUT2D eigenvalue weighted by Crippen LogP contribution is 2.39. The second kappa shape index (κ2) is 10.0. The van der Waals surface area contributed by atoms with Gasteiger partial charge in [-0.1, -0.05) is 6.92 Å². The van der Waals surface area contributed by atoms with E-state index in [1.165, 1.54) is 24.2 Å². The Bertz CT molecular complexity index is 1410. The molecule has 200 valence electrons. The van der Waals surface area contributed by atoms with Gasteiger partial charge in [0.25, 0.3) is 0 Å². The van der Waals surface area contributed by atoms with Gasteiger partial charge < -0.3 is 20.8 Å². The lowest BCUT2D eigenvalue weighted by atomic mass is 10.1. The number of aryl methyl sites for hydroxylation is 2. The van der Waals surface area contributed by atoms with Crippen LogP contribution in [0.3, 0.4) is 0 Å². The van der Waals surface area contributed by atoms with Crippen molar-refractivity contribution in [3.63, 3.8) is 0 Å². The van der Waals surface area contributed by atoms with Crippen LogP contribution < -0.4 is 10.6 Å². The van der Waals surface area contributed by atoms with Crippen molar-refractivity contribution in [1.29, 1.82) is 0 Å². The first-order chi connectivity index (χ1) is 17.5. The highest BCUT2D eigenvalue weighted by molar-refractivity contribution is 7.90. The maximum absolute atomic E-state index is 11.9. The molecule has 0 unspecified atom stereocenters. The van der Waals surface area contributed by atoms with Crippen LogP contribution >= 0.6 is 11.3 Å². The predicted molar refractivity (Wildman–Crippen MR) is 146 cm³/mol. The van der Waals surface area contributed by atoms with Crippen LogP contribution in [0.1, 0.15) is 44.5 Å². The van der Waals surface area contributed by atoms with E-state index in [0.29, 0.717) is 24.1 Å². The number of nitrogens with zero attached hydrogens (tertiary/aromatic N) is 4. The normalized spacial score (nSPS) is 24.9. The molecule has 5 rings (SSSR count). The van der Waals surface area contributed by atoms with E-state index in [-0.39, 0.29) is 11.8 Å². The molecule has 37 heavy (non-hydrogen) atoms. The Morgan fingerprint density at radius 3 is 2.62 bits per heavy atom. The molecule has 0 aromatic carbocycles. The van der Waals surface area contributed by atoms with Crippen molar-refractivity contribution in [2.45, 2.75) is 70.7 Å². The van der Waals surface area contributed by atoms with Crippen molar-refractivity contribution in [2.75, 3.05) is 22.6 Å². The minimum absolute atomic E-state index is 0.185. The molecule has 3 aromatic rings. The Morgan fingerprint density at radius 1 is 1.19 bits per heavy atom. The average Bonchev–Trinajstić information content (AvgIpc) is 3.54. The van der Waals surface area contributed by atoms with Crippen LogP contribution in [0.15, 0.2) is 12.3 Å². The second-order valence-corrected chi connectivity index (χ2v) is 13.6. The van der Waals surface area contributed by atoms with E-state index in [0.717, 1.165) is 44.9 Å². The third kappa shape index (κ3) is 5.57. The van der Waals surface area contributed by atoms with E-state index in [1.54, 1.807) is 6.20 Å². The number of aliphatic hydroxyl groups is 2. The first-order valence-corrected chi connectivity index (χ1v) is 15.6. The van der Waals surface area contributed by atoms with Gasteiger partial charge in [-0.15, -0.1) is 11.3 Å². The number of nitrogens with one attached hydrogen (secondary N) is 2. The van der Waals surface area contributed by atoms with Crippen molar-refractivity contribution >= 4 is 43.2 Å². The highest BCUT2D eigenvalue weighted by Gasteiger charge is 2.43. The zero-order valence-corrected chi connectivity index (χ0v) is 23.1. The Hall–Kier alpha value is -2.41. The predicted octanol–water partition coefficient (Wildman–Crippen LogP) is 2.80. The maximum atomic E-state index is 11.9. The number of fused-ring (bicyclic) bond motifs is 1. The fourth-order valence-corrected chi connectivity index (χ4v) is 7.38. The minimum atomic E-state index is -3.31. The first kappa shape index (κ1) is 26.2. The number of hydrogen-bond donors (Lipinski definition) is 4. The molecule has 2 aliphatic carbocycles. The minimum Gasteiger partial charge on any atom is -0.390 e. The summed E-state index contributed by atoms with van der Waals surface area (Å²) in [6.07, 6.45) is 4.07. The van der Waals surface area contributed by atoms with Gasteiger partial charge in [0, 0.05) is 24.4 Å². The fourth-order valence-electron chi connectivity index (χ4n) is 5.19. The summed E-state index contributed by atoms with van der Waals surface area (Å²) in [4.78, 5) is 18.9. The standard InChI is InChI=1S/C25H34N6O4S2/c1-5-16-20-18(8-9-26-16)36-24(30-20)19-13(3)28-25(27-12(2)14-6-7-14)31-23(19)29-17-10-15(11-37(4,34)35)21(32)22(17)33/h8-9,12,14-15,17,21-22,32-33H,5-7,10-11H2,1-4H3,(H2,27,28,29,31)/t12-,15-,17-,21-,22+/m1/s1. The highest BCUT2D eigenvalue weighted by atomic mass is 32.2. The molecular formula is C25H34N6O4S2. The van der Waals surface area contributed by atoms with Crippen LogP contribution in [-0.4, -0.2) is 74.9 Å². The zero-order valence-electron chi connectivity index (χ0n) is 21.5. The average molecular weight is 547 g/mol. The summed E-state index contributed by atoms with van der Waals surface area (Å²) < 4.78 is 24.8. The third-order valence-electron chi connectivity index (χ3n) is 7.35. The molecule has 0 amide bonds. The van der Waals surface area contributed by atoms with Crippen LogP contribution in [-0.2, 0) is 16.3 Å². The molecular weight excluding hydrogens is 512 g/mol. The van der Waals surface area contributed by atoms with E-state index >= 15 is 0 Å². The second-order valence-electron chi connectivity index (χ2n) is 10.4. The van der Waals surface area contributed by atoms with Gasteiger partial charge in [0.15, 0.2) is 0 Å². The summed E-state index contributed by atoms with van der Waals surface area (Å²) in [5.74, 6) is 0.838. The molecule has 0 aliphatic heterocycles. The van der Waals surface area contributed by atoms with Crippen LogP contribution in [0, 0.1) is 18.8 Å². The van der Waals surface area contributed by atoms with Gasteiger partial charge >= 0.3 is 0 Å². The van der Waals surface area contributed by atoms with Crippen molar-refractivity contribution in [3.8, 4) is 10.6 Å². The van der Waals surface area contributed by atoms with E-state index in [4.69, 9.17) is 15.0 Å². The summed E-state index contributed by atoms with van der Waals surface area (Å²) in [6.45, 7) is 6.08. The number of aromatic nitrogens is 4. The zero-order chi connectivity index (χ0) is 26.5. The van der Waals surface area contributed by atoms with E-state index in [1.807, 2.05) is 19.9 Å². The smallest absolute Gasteiger partial charge is 0.225 e. The lowest BCUT2D eigenvalue weighted by Gasteiger charge is -2.22. The molecule has 0 radical (unpaired) electrons. The number of hydrogen-bond acceptors (Lipinski definition) is 11. The summed E-state index contributed by atoms with van der Waals surface area (Å²) in [5, 5.41) is 28.9. The summed E-state index contributed by atoms with van der Waals surface area (Å²) in [7, 11) is -3.31. The van der Waals surface area contributed by atoms with Gasteiger partial charge in [0.1, 0.15) is 32.3 Å². The van der Waals surface area contributed by atoms with E-state index < -0.39 is 34.0 Å². The van der Waals surface area contributed by atoms with Gasteiger partial charge in [0.05, 0.1) is 39.5 Å². The molecule has 5 atom stereocenters. The molecule has 0 spiro atoms. The molecule has 0 saturated heterocycles. The molecule has 0 bridgehead atoms. The van der Waals surface area contributed by atoms with Crippen molar-refractivity contribution in [1.82, 2.24) is 19.9 Å². The van der Waals surface area contributed by atoms with Crippen molar-refractivity contribution < 1.29 is 18.6 Å². The molecule has 2 fully saturated rings. The maximum Gasteiger partial charge on any atom is 0.225 e. The van der Waals surface area contributed by atoms with Crippen molar-refractivity contribution in [2.24, 2.45) is 11.8 Å². The Labute approximate surface area is 220 Å². The van der Waals surface area contributed by atoms with Crippen LogP contribution in [0.4, 0.5) is 11.8 Å². The molecule has 4 N–H and O–H groups in total. The summed E-state index contributed by atoms with van der Waals surface area (Å²) in [5.41, 5.74) is 3.22. The van der Waals surface area contributed by atoms with Crippen molar-refractivity contribution in [3.05, 3.63) is 23.7 Å².